The first-order valence-corrected chi connectivity index (χ1v) is 9.22. The van der Waals surface area contributed by atoms with Gasteiger partial charge in [0.15, 0.2) is 9.84 Å². The van der Waals surface area contributed by atoms with E-state index in [0.717, 1.165) is 11.3 Å². The number of hydrogen-bond acceptors (Lipinski definition) is 7. The molecule has 8 heteroatoms. The van der Waals surface area contributed by atoms with Gasteiger partial charge in [-0.25, -0.2) is 8.42 Å². The summed E-state index contributed by atoms with van der Waals surface area (Å²) in [4.78, 5) is 2.32. The number of hydrogen-bond donors (Lipinski definition) is 1. The maximum absolute atomic E-state index is 12.3. The van der Waals surface area contributed by atoms with Gasteiger partial charge in [0.2, 0.25) is 0 Å². The number of anilines is 2. The number of thiophene rings is 1. The van der Waals surface area contributed by atoms with Gasteiger partial charge in [-0.15, -0.1) is 11.3 Å². The number of morpholine rings is 1. The summed E-state index contributed by atoms with van der Waals surface area (Å²) < 4.78 is 30.3. The van der Waals surface area contributed by atoms with Crippen molar-refractivity contribution in [2.45, 2.75) is 37.9 Å². The highest BCUT2D eigenvalue weighted by Gasteiger charge is 2.32. The second kappa shape index (κ2) is 5.83. The summed E-state index contributed by atoms with van der Waals surface area (Å²) in [6, 6.07) is 1.98. The Hall–Kier alpha value is -1.30. The number of nitrogens with zero attached hydrogens (tertiary/aromatic N) is 2. The Balaban J connectivity index is 2.56. The molecular weight excluding hydrogens is 310 g/mol. The van der Waals surface area contributed by atoms with Crippen molar-refractivity contribution in [2.75, 3.05) is 29.5 Å². The lowest BCUT2D eigenvalue weighted by Gasteiger charge is -2.36. The smallest absolute Gasteiger partial charge is 0.183 e. The zero-order valence-corrected chi connectivity index (χ0v) is 13.9. The van der Waals surface area contributed by atoms with Crippen molar-refractivity contribution in [3.63, 3.8) is 0 Å². The first-order valence-electron chi connectivity index (χ1n) is 6.75. The van der Waals surface area contributed by atoms with Crippen LogP contribution < -0.4 is 10.6 Å². The van der Waals surface area contributed by atoms with E-state index in [0.29, 0.717) is 18.1 Å². The normalized spacial score (nSPS) is 23.0. The molecule has 2 heterocycles. The fraction of sp³-hybridized carbons (Fsp3) is 0.615. The molecule has 0 amide bonds. The molecule has 0 radical (unpaired) electrons. The zero-order chi connectivity index (χ0) is 15.8. The van der Waals surface area contributed by atoms with Crippen molar-refractivity contribution in [3.8, 4) is 6.07 Å². The summed E-state index contributed by atoms with van der Waals surface area (Å²) in [7, 11) is -3.48. The van der Waals surface area contributed by atoms with Gasteiger partial charge in [-0.05, 0) is 13.8 Å². The van der Waals surface area contributed by atoms with Gasteiger partial charge in [-0.3, -0.25) is 0 Å². The van der Waals surface area contributed by atoms with Crippen molar-refractivity contribution in [2.24, 2.45) is 0 Å². The third-order valence-corrected chi connectivity index (χ3v) is 6.48. The predicted octanol–water partition coefficient (Wildman–Crippen LogP) is 1.61. The van der Waals surface area contributed by atoms with E-state index < -0.39 is 9.84 Å². The second-order valence-electron chi connectivity index (χ2n) is 5.16. The number of nitrogens with two attached hydrogens (primary N) is 1. The van der Waals surface area contributed by atoms with E-state index in [4.69, 9.17) is 15.7 Å². The number of rotatable bonds is 3. The van der Waals surface area contributed by atoms with E-state index >= 15 is 0 Å². The largest absolute Gasteiger partial charge is 0.396 e. The van der Waals surface area contributed by atoms with E-state index in [-0.39, 0.29) is 33.4 Å². The minimum absolute atomic E-state index is 0.000194. The van der Waals surface area contributed by atoms with Crippen LogP contribution in [-0.4, -0.2) is 39.5 Å². The summed E-state index contributed by atoms with van der Waals surface area (Å²) in [5.74, 6) is -0.0404. The molecule has 1 aromatic heterocycles. The van der Waals surface area contributed by atoms with Gasteiger partial charge in [0.05, 0.1) is 23.6 Å². The van der Waals surface area contributed by atoms with Crippen LogP contribution in [-0.2, 0) is 14.6 Å². The van der Waals surface area contributed by atoms with Crippen LogP contribution in [0.1, 0.15) is 25.6 Å². The highest BCUT2D eigenvalue weighted by Crippen LogP contribution is 2.42. The molecule has 0 bridgehead atoms. The fourth-order valence-corrected chi connectivity index (χ4v) is 5.12. The van der Waals surface area contributed by atoms with Crippen molar-refractivity contribution in [1.82, 2.24) is 0 Å². The lowest BCUT2D eigenvalue weighted by Crippen LogP contribution is -2.45. The number of sulfone groups is 1. The summed E-state index contributed by atoms with van der Waals surface area (Å²) in [6.07, 6.45) is -0.000387. The molecule has 1 aliphatic rings. The van der Waals surface area contributed by atoms with Gasteiger partial charge in [-0.1, -0.05) is 6.92 Å². The van der Waals surface area contributed by atoms with Gasteiger partial charge in [0.25, 0.3) is 0 Å². The van der Waals surface area contributed by atoms with Crippen LogP contribution in [0.3, 0.4) is 0 Å². The molecule has 1 fully saturated rings. The molecule has 0 spiro atoms. The Kier molecular flexibility index (Phi) is 4.46. The molecule has 21 heavy (non-hydrogen) atoms. The minimum Gasteiger partial charge on any atom is -0.396 e. The minimum atomic E-state index is -3.48. The fourth-order valence-electron chi connectivity index (χ4n) is 2.50. The van der Waals surface area contributed by atoms with Gasteiger partial charge in [-0.2, -0.15) is 5.26 Å². The molecule has 0 saturated carbocycles. The molecule has 6 nitrogen and oxygen atoms in total. The molecule has 1 saturated heterocycles. The van der Waals surface area contributed by atoms with E-state index in [2.05, 4.69) is 0 Å². The molecule has 2 N–H and O–H groups in total. The van der Waals surface area contributed by atoms with Gasteiger partial charge >= 0.3 is 0 Å². The van der Waals surface area contributed by atoms with Crippen molar-refractivity contribution in [3.05, 3.63) is 4.88 Å². The quantitative estimate of drug-likeness (QED) is 0.905. The highest BCUT2D eigenvalue weighted by molar-refractivity contribution is 7.91. The van der Waals surface area contributed by atoms with E-state index in [1.54, 1.807) is 6.92 Å². The SMILES string of the molecule is CCS(=O)(=O)c1c(N2C[C@@H](C)O[C@@H](C)C2)sc(C#N)c1N. The maximum Gasteiger partial charge on any atom is 0.183 e. The summed E-state index contributed by atoms with van der Waals surface area (Å²) in [5, 5.41) is 9.70. The highest BCUT2D eigenvalue weighted by atomic mass is 32.2. The van der Waals surface area contributed by atoms with Crippen LogP contribution in [0.25, 0.3) is 0 Å². The van der Waals surface area contributed by atoms with E-state index in [1.807, 2.05) is 24.8 Å². The molecule has 1 aliphatic heterocycles. The number of nitriles is 1. The van der Waals surface area contributed by atoms with Crippen molar-refractivity contribution in [1.29, 1.82) is 5.26 Å². The number of nitrogen functional groups attached to an aromatic ring is 1. The molecular formula is C13H19N3O3S2. The third kappa shape index (κ3) is 3.00. The average Bonchev–Trinajstić information content (AvgIpc) is 2.75. The summed E-state index contributed by atoms with van der Waals surface area (Å²) in [5.41, 5.74) is 5.98. The molecule has 0 aromatic carbocycles. The Morgan fingerprint density at radius 2 is 2.00 bits per heavy atom. The molecule has 0 aliphatic carbocycles. The monoisotopic (exact) mass is 329 g/mol. The predicted molar refractivity (Wildman–Crippen MR) is 83.4 cm³/mol. The van der Waals surface area contributed by atoms with Gasteiger partial charge in [0, 0.05) is 13.1 Å². The molecule has 2 rings (SSSR count). The van der Waals surface area contributed by atoms with Crippen LogP contribution in [0, 0.1) is 11.3 Å². The molecule has 0 unspecified atom stereocenters. The lowest BCUT2D eigenvalue weighted by molar-refractivity contribution is -0.00514. The maximum atomic E-state index is 12.3. The number of ether oxygens (including phenoxy) is 1. The summed E-state index contributed by atoms with van der Waals surface area (Å²) >= 11 is 1.14. The standard InChI is InChI=1S/C13H19N3O3S2/c1-4-21(17,18)12-11(15)10(5-14)20-13(12)16-6-8(2)19-9(3)7-16/h8-9H,4,6-7,15H2,1-3H3/t8-,9+. The Labute approximate surface area is 129 Å². The van der Waals surface area contributed by atoms with Crippen molar-refractivity contribution < 1.29 is 13.2 Å². The average molecular weight is 329 g/mol. The first-order chi connectivity index (χ1) is 9.80. The first kappa shape index (κ1) is 16.1. The molecule has 2 atom stereocenters. The van der Waals surface area contributed by atoms with Crippen LogP contribution in [0.2, 0.25) is 0 Å². The molecule has 116 valence electrons. The lowest BCUT2D eigenvalue weighted by atomic mass is 10.2. The Bertz CT molecular complexity index is 666. The van der Waals surface area contributed by atoms with Crippen LogP contribution >= 0.6 is 11.3 Å². The van der Waals surface area contributed by atoms with Gasteiger partial charge in [0.1, 0.15) is 20.8 Å². The van der Waals surface area contributed by atoms with Crippen LogP contribution in [0.5, 0.6) is 0 Å². The summed E-state index contributed by atoms with van der Waals surface area (Å²) in [6.45, 7) is 6.63. The zero-order valence-electron chi connectivity index (χ0n) is 12.3. The van der Waals surface area contributed by atoms with Gasteiger partial charge < -0.3 is 15.4 Å². The van der Waals surface area contributed by atoms with Crippen molar-refractivity contribution >= 4 is 31.9 Å². The van der Waals surface area contributed by atoms with Crippen LogP contribution in [0.15, 0.2) is 4.90 Å². The Morgan fingerprint density at radius 3 is 2.48 bits per heavy atom. The second-order valence-corrected chi connectivity index (χ2v) is 8.37. The topological polar surface area (TPSA) is 96.4 Å². The van der Waals surface area contributed by atoms with E-state index in [9.17, 15) is 8.42 Å². The molecule has 1 aromatic rings. The van der Waals surface area contributed by atoms with E-state index in [1.165, 1.54) is 0 Å². The third-order valence-electron chi connectivity index (χ3n) is 3.38. The Morgan fingerprint density at radius 1 is 1.43 bits per heavy atom. The van der Waals surface area contributed by atoms with Crippen LogP contribution in [0.4, 0.5) is 10.7 Å².